The largest absolute Gasteiger partial charge is 0.496 e. The van der Waals surface area contributed by atoms with Crippen LogP contribution in [0.1, 0.15) is 24.8 Å². The molecule has 1 saturated heterocycles. The Morgan fingerprint density at radius 1 is 1.59 bits per heavy atom. The number of nitrogens with zero attached hydrogens (tertiary/aromatic N) is 2. The first-order valence-corrected chi connectivity index (χ1v) is 7.41. The van der Waals surface area contributed by atoms with Gasteiger partial charge in [0.1, 0.15) is 11.8 Å². The van der Waals surface area contributed by atoms with Crippen LogP contribution in [0.3, 0.4) is 0 Å². The molecule has 5 heteroatoms. The zero-order valence-corrected chi connectivity index (χ0v) is 12.7. The van der Waals surface area contributed by atoms with Gasteiger partial charge in [-0.3, -0.25) is 4.79 Å². The quantitative estimate of drug-likeness (QED) is 0.901. The lowest BCUT2D eigenvalue weighted by Gasteiger charge is -2.20. The number of methoxy groups -OCH3 is 1. The van der Waals surface area contributed by atoms with Gasteiger partial charge >= 0.3 is 0 Å². The van der Waals surface area contributed by atoms with Crippen molar-refractivity contribution in [1.82, 2.24) is 4.90 Å². The molecule has 5 nitrogen and oxygen atoms in total. The lowest BCUT2D eigenvalue weighted by molar-refractivity contribution is -0.131. The number of nitriles is 1. The molecule has 0 radical (unpaired) electrons. The third-order valence-electron chi connectivity index (χ3n) is 3.79. The topological polar surface area (TPSA) is 79.3 Å². The third-order valence-corrected chi connectivity index (χ3v) is 3.79. The van der Waals surface area contributed by atoms with Crippen molar-refractivity contribution in [1.29, 1.82) is 5.26 Å². The van der Waals surface area contributed by atoms with Gasteiger partial charge in [0.15, 0.2) is 0 Å². The van der Waals surface area contributed by atoms with E-state index in [4.69, 9.17) is 15.7 Å². The van der Waals surface area contributed by atoms with Gasteiger partial charge in [0.25, 0.3) is 0 Å². The van der Waals surface area contributed by atoms with Crippen molar-refractivity contribution in [2.24, 2.45) is 5.73 Å². The Kier molecular flexibility index (Phi) is 5.56. The average Bonchev–Trinajstić information content (AvgIpc) is 3.01. The maximum atomic E-state index is 12.2. The monoisotopic (exact) mass is 299 g/mol. The van der Waals surface area contributed by atoms with E-state index in [0.717, 1.165) is 24.2 Å². The predicted octanol–water partition coefficient (Wildman–Crippen LogP) is 1.94. The molecule has 116 valence electrons. The second-order valence-electron chi connectivity index (χ2n) is 5.34. The summed E-state index contributed by atoms with van der Waals surface area (Å²) in [6, 6.07) is 9.11. The number of carbonyl (C=O) groups excluding carboxylic acids is 1. The zero-order chi connectivity index (χ0) is 15.9. The first-order valence-electron chi connectivity index (χ1n) is 7.41. The Balaban J connectivity index is 1.95. The van der Waals surface area contributed by atoms with E-state index in [2.05, 4.69) is 6.07 Å². The minimum absolute atomic E-state index is 0.0544. The molecular formula is C17H21N3O2. The zero-order valence-electron chi connectivity index (χ0n) is 12.7. The van der Waals surface area contributed by atoms with Crippen molar-refractivity contribution in [2.75, 3.05) is 13.7 Å². The standard InChI is InChI=1S/C17H21N3O2/c1-22-16-7-3-2-5-13(16)8-9-14(19)11-17(21)20-10-4-6-15(20)12-18/h2-3,5,7-9,14-15H,4,6,10-11,19H2,1H3/b9-8+/t14?,15-/m0/s1. The first kappa shape index (κ1) is 16.1. The Bertz CT molecular complexity index is 592. The van der Waals surface area contributed by atoms with E-state index in [1.54, 1.807) is 18.1 Å². The van der Waals surface area contributed by atoms with E-state index < -0.39 is 0 Å². The molecule has 1 unspecified atom stereocenters. The summed E-state index contributed by atoms with van der Waals surface area (Å²) in [5, 5.41) is 9.03. The van der Waals surface area contributed by atoms with Gasteiger partial charge in [0.2, 0.25) is 5.91 Å². The summed E-state index contributed by atoms with van der Waals surface area (Å²) in [4.78, 5) is 13.8. The van der Waals surface area contributed by atoms with Crippen LogP contribution in [-0.4, -0.2) is 36.5 Å². The minimum Gasteiger partial charge on any atom is -0.496 e. The fourth-order valence-corrected chi connectivity index (χ4v) is 2.62. The molecule has 0 spiro atoms. The number of amides is 1. The maximum absolute atomic E-state index is 12.2. The minimum atomic E-state index is -0.377. The molecule has 2 atom stereocenters. The number of carbonyl (C=O) groups is 1. The van der Waals surface area contributed by atoms with Crippen molar-refractivity contribution in [3.63, 3.8) is 0 Å². The number of hydrogen-bond acceptors (Lipinski definition) is 4. The lowest BCUT2D eigenvalue weighted by Crippen LogP contribution is -2.37. The van der Waals surface area contributed by atoms with Gasteiger partial charge in [0.05, 0.1) is 13.2 Å². The number of para-hydroxylation sites is 1. The molecule has 1 heterocycles. The number of nitrogens with two attached hydrogens (primary N) is 1. The highest BCUT2D eigenvalue weighted by Gasteiger charge is 2.28. The van der Waals surface area contributed by atoms with E-state index in [-0.39, 0.29) is 24.4 Å². The third kappa shape index (κ3) is 3.86. The first-order chi connectivity index (χ1) is 10.7. The van der Waals surface area contributed by atoms with E-state index in [1.807, 2.05) is 30.3 Å². The fraction of sp³-hybridized carbons (Fsp3) is 0.412. The van der Waals surface area contributed by atoms with Crippen LogP contribution >= 0.6 is 0 Å². The summed E-state index contributed by atoms with van der Waals surface area (Å²) in [6.45, 7) is 0.653. The van der Waals surface area contributed by atoms with Gasteiger partial charge in [-0.15, -0.1) is 0 Å². The van der Waals surface area contributed by atoms with Gasteiger partial charge in [0, 0.05) is 24.6 Å². The normalized spacial score (nSPS) is 19.1. The molecule has 1 aromatic rings. The van der Waals surface area contributed by atoms with E-state index in [1.165, 1.54) is 0 Å². The Morgan fingerprint density at radius 2 is 2.36 bits per heavy atom. The van der Waals surface area contributed by atoms with Gasteiger partial charge in [-0.1, -0.05) is 30.4 Å². The van der Waals surface area contributed by atoms with E-state index >= 15 is 0 Å². The number of benzene rings is 1. The predicted molar refractivity (Wildman–Crippen MR) is 85.0 cm³/mol. The molecule has 0 aliphatic carbocycles. The summed E-state index contributed by atoms with van der Waals surface area (Å²) in [5.41, 5.74) is 6.93. The summed E-state index contributed by atoms with van der Waals surface area (Å²) >= 11 is 0. The Hall–Kier alpha value is -2.32. The number of ether oxygens (including phenoxy) is 1. The molecule has 2 N–H and O–H groups in total. The number of hydrogen-bond donors (Lipinski definition) is 1. The molecule has 0 bridgehead atoms. The Morgan fingerprint density at radius 3 is 3.09 bits per heavy atom. The summed E-state index contributed by atoms with van der Waals surface area (Å²) in [5.74, 6) is 0.711. The summed E-state index contributed by atoms with van der Waals surface area (Å²) < 4.78 is 5.27. The number of likely N-dealkylation sites (tertiary alicyclic amines) is 1. The SMILES string of the molecule is COc1ccccc1/C=C/C(N)CC(=O)N1CCC[C@H]1C#N. The van der Waals surface area contributed by atoms with Crippen molar-refractivity contribution in [3.8, 4) is 11.8 Å². The average molecular weight is 299 g/mol. The van der Waals surface area contributed by atoms with Crippen LogP contribution in [0.5, 0.6) is 5.75 Å². The van der Waals surface area contributed by atoms with Gasteiger partial charge in [-0.05, 0) is 18.9 Å². The van der Waals surface area contributed by atoms with Crippen LogP contribution < -0.4 is 10.5 Å². The summed E-state index contributed by atoms with van der Waals surface area (Å²) in [7, 11) is 1.62. The van der Waals surface area contributed by atoms with Crippen molar-refractivity contribution in [3.05, 3.63) is 35.9 Å². The second-order valence-corrected chi connectivity index (χ2v) is 5.34. The van der Waals surface area contributed by atoms with Crippen molar-refractivity contribution >= 4 is 12.0 Å². The van der Waals surface area contributed by atoms with Crippen LogP contribution in [0.15, 0.2) is 30.3 Å². The van der Waals surface area contributed by atoms with Crippen LogP contribution in [0.25, 0.3) is 6.08 Å². The molecule has 1 amide bonds. The van der Waals surface area contributed by atoms with Gasteiger partial charge in [-0.25, -0.2) is 0 Å². The maximum Gasteiger partial charge on any atom is 0.225 e. The van der Waals surface area contributed by atoms with Crippen LogP contribution in [0.2, 0.25) is 0 Å². The van der Waals surface area contributed by atoms with Crippen molar-refractivity contribution < 1.29 is 9.53 Å². The smallest absolute Gasteiger partial charge is 0.225 e. The molecule has 1 aliphatic rings. The number of rotatable bonds is 5. The van der Waals surface area contributed by atoms with Crippen LogP contribution in [0.4, 0.5) is 0 Å². The van der Waals surface area contributed by atoms with Crippen LogP contribution in [-0.2, 0) is 4.79 Å². The molecule has 2 rings (SSSR count). The second kappa shape index (κ2) is 7.62. The molecule has 1 aromatic carbocycles. The lowest BCUT2D eigenvalue weighted by atomic mass is 10.1. The van der Waals surface area contributed by atoms with E-state index in [9.17, 15) is 4.79 Å². The van der Waals surface area contributed by atoms with Crippen molar-refractivity contribution in [2.45, 2.75) is 31.3 Å². The molecule has 0 saturated carbocycles. The highest BCUT2D eigenvalue weighted by Crippen LogP contribution is 2.20. The highest BCUT2D eigenvalue weighted by molar-refractivity contribution is 5.78. The molecule has 22 heavy (non-hydrogen) atoms. The summed E-state index contributed by atoms with van der Waals surface area (Å²) in [6.07, 6.45) is 5.52. The van der Waals surface area contributed by atoms with Gasteiger partial charge in [-0.2, -0.15) is 5.26 Å². The van der Waals surface area contributed by atoms with Crippen LogP contribution in [0, 0.1) is 11.3 Å². The fourth-order valence-electron chi connectivity index (χ4n) is 2.62. The molecule has 1 fully saturated rings. The van der Waals surface area contributed by atoms with E-state index in [0.29, 0.717) is 6.54 Å². The molecular weight excluding hydrogens is 278 g/mol. The molecule has 1 aliphatic heterocycles. The Labute approximate surface area is 131 Å². The highest BCUT2D eigenvalue weighted by atomic mass is 16.5. The van der Waals surface area contributed by atoms with Gasteiger partial charge < -0.3 is 15.4 Å². The molecule has 0 aromatic heterocycles.